The van der Waals surface area contributed by atoms with Crippen molar-refractivity contribution in [2.75, 3.05) is 11.9 Å². The van der Waals surface area contributed by atoms with Crippen LogP contribution in [0.1, 0.15) is 25.8 Å². The Balaban J connectivity index is 1.53. The Morgan fingerprint density at radius 2 is 1.79 bits per heavy atom. The number of esters is 1. The first kappa shape index (κ1) is 20.9. The lowest BCUT2D eigenvalue weighted by atomic mass is 10.2. The highest BCUT2D eigenvalue weighted by molar-refractivity contribution is 8.01. The van der Waals surface area contributed by atoms with Gasteiger partial charge in [-0.25, -0.2) is 0 Å². The van der Waals surface area contributed by atoms with Crippen LogP contribution in [0.3, 0.4) is 0 Å². The average molecular weight is 413 g/mol. The maximum Gasteiger partial charge on any atom is 0.307 e. The van der Waals surface area contributed by atoms with Crippen LogP contribution < -0.4 is 5.32 Å². The van der Waals surface area contributed by atoms with Gasteiger partial charge in [-0.3, -0.25) is 14.4 Å². The molecule has 0 aromatic heterocycles. The molecule has 152 valence electrons. The number of amides is 2. The summed E-state index contributed by atoms with van der Waals surface area (Å²) in [5, 5.41) is 2.23. The SMILES string of the molecule is CC(C)N(Cc1ccccc1)C(=O)COC(=O)C[C@@H]1Sc2ccccc2NC1=O. The molecule has 1 atom stereocenters. The number of anilines is 1. The van der Waals surface area contributed by atoms with Crippen LogP contribution in [0.15, 0.2) is 59.5 Å². The van der Waals surface area contributed by atoms with Crippen LogP contribution in [0.25, 0.3) is 0 Å². The molecule has 2 aromatic rings. The molecule has 0 radical (unpaired) electrons. The number of carbonyl (C=O) groups excluding carboxylic acids is 3. The van der Waals surface area contributed by atoms with Gasteiger partial charge in [-0.1, -0.05) is 42.5 Å². The fraction of sp³-hybridized carbons (Fsp3) is 0.318. The lowest BCUT2D eigenvalue weighted by molar-refractivity contribution is -0.153. The van der Waals surface area contributed by atoms with Crippen molar-refractivity contribution >= 4 is 35.2 Å². The van der Waals surface area contributed by atoms with Crippen LogP contribution in [0.2, 0.25) is 0 Å². The predicted molar refractivity (Wildman–Crippen MR) is 112 cm³/mol. The number of nitrogens with zero attached hydrogens (tertiary/aromatic N) is 1. The fourth-order valence-electron chi connectivity index (χ4n) is 3.00. The zero-order chi connectivity index (χ0) is 20.8. The van der Waals surface area contributed by atoms with E-state index in [1.807, 2.05) is 68.4 Å². The first-order valence-electron chi connectivity index (χ1n) is 9.49. The molecule has 3 rings (SSSR count). The third kappa shape index (κ3) is 5.60. The van der Waals surface area contributed by atoms with Crippen LogP contribution in [-0.2, 0) is 25.7 Å². The summed E-state index contributed by atoms with van der Waals surface area (Å²) in [6, 6.07) is 17.1. The molecule has 0 saturated heterocycles. The van der Waals surface area contributed by atoms with E-state index in [1.54, 1.807) is 4.90 Å². The van der Waals surface area contributed by atoms with E-state index < -0.39 is 11.2 Å². The number of para-hydroxylation sites is 1. The van der Waals surface area contributed by atoms with E-state index >= 15 is 0 Å². The molecule has 1 heterocycles. The molecule has 0 spiro atoms. The van der Waals surface area contributed by atoms with Crippen LogP contribution >= 0.6 is 11.8 Å². The second kappa shape index (κ2) is 9.60. The minimum Gasteiger partial charge on any atom is -0.456 e. The molecule has 0 unspecified atom stereocenters. The summed E-state index contributed by atoms with van der Waals surface area (Å²) >= 11 is 1.33. The number of nitrogens with one attached hydrogen (secondary N) is 1. The van der Waals surface area contributed by atoms with Crippen molar-refractivity contribution < 1.29 is 19.1 Å². The zero-order valence-electron chi connectivity index (χ0n) is 16.5. The lowest BCUT2D eigenvalue weighted by Gasteiger charge is -2.27. The van der Waals surface area contributed by atoms with Gasteiger partial charge in [0.15, 0.2) is 6.61 Å². The van der Waals surface area contributed by atoms with E-state index in [-0.39, 0.29) is 30.9 Å². The van der Waals surface area contributed by atoms with Crippen molar-refractivity contribution in [3.63, 3.8) is 0 Å². The Bertz CT molecular complexity index is 885. The molecule has 1 aliphatic heterocycles. The second-order valence-corrected chi connectivity index (χ2v) is 8.30. The van der Waals surface area contributed by atoms with Crippen molar-refractivity contribution in [1.82, 2.24) is 4.90 Å². The topological polar surface area (TPSA) is 75.7 Å². The first-order chi connectivity index (χ1) is 13.9. The van der Waals surface area contributed by atoms with Gasteiger partial charge in [0.2, 0.25) is 5.91 Å². The number of carbonyl (C=O) groups is 3. The zero-order valence-corrected chi connectivity index (χ0v) is 17.3. The smallest absolute Gasteiger partial charge is 0.307 e. The molecule has 7 heteroatoms. The summed E-state index contributed by atoms with van der Waals surface area (Å²) in [6.07, 6.45) is -0.0848. The Kier molecular flexibility index (Phi) is 6.93. The van der Waals surface area contributed by atoms with Crippen LogP contribution in [0.4, 0.5) is 5.69 Å². The van der Waals surface area contributed by atoms with Gasteiger partial charge in [0, 0.05) is 17.5 Å². The Morgan fingerprint density at radius 1 is 1.10 bits per heavy atom. The molecule has 2 amide bonds. The van der Waals surface area contributed by atoms with Gasteiger partial charge in [-0.2, -0.15) is 0 Å². The number of thioether (sulfide) groups is 1. The molecule has 29 heavy (non-hydrogen) atoms. The number of fused-ring (bicyclic) bond motifs is 1. The van der Waals surface area contributed by atoms with E-state index in [2.05, 4.69) is 5.32 Å². The number of benzene rings is 2. The maximum absolute atomic E-state index is 12.6. The molecule has 1 aliphatic rings. The molecule has 1 N–H and O–H groups in total. The summed E-state index contributed by atoms with van der Waals surface area (Å²) in [6.45, 7) is 3.96. The third-order valence-electron chi connectivity index (χ3n) is 4.55. The van der Waals surface area contributed by atoms with Crippen molar-refractivity contribution in [1.29, 1.82) is 0 Å². The monoisotopic (exact) mass is 412 g/mol. The minimum absolute atomic E-state index is 0.0300. The highest BCUT2D eigenvalue weighted by Crippen LogP contribution is 2.36. The molecule has 0 aliphatic carbocycles. The lowest BCUT2D eigenvalue weighted by Crippen LogP contribution is -2.39. The van der Waals surface area contributed by atoms with E-state index in [4.69, 9.17) is 4.74 Å². The van der Waals surface area contributed by atoms with E-state index in [9.17, 15) is 14.4 Å². The van der Waals surface area contributed by atoms with Crippen molar-refractivity contribution in [2.45, 2.75) is 43.0 Å². The number of hydrogen-bond acceptors (Lipinski definition) is 5. The Morgan fingerprint density at radius 3 is 2.52 bits per heavy atom. The Hall–Kier alpha value is -2.80. The van der Waals surface area contributed by atoms with Crippen molar-refractivity contribution in [3.8, 4) is 0 Å². The molecular weight excluding hydrogens is 388 g/mol. The normalized spacial score (nSPS) is 15.4. The van der Waals surface area contributed by atoms with Gasteiger partial charge in [0.25, 0.3) is 5.91 Å². The van der Waals surface area contributed by atoms with Crippen LogP contribution in [-0.4, -0.2) is 40.6 Å². The van der Waals surface area contributed by atoms with E-state index in [1.165, 1.54) is 11.8 Å². The summed E-state index contributed by atoms with van der Waals surface area (Å²) in [4.78, 5) is 39.6. The molecule has 0 fully saturated rings. The van der Waals surface area contributed by atoms with Gasteiger partial charge in [0.1, 0.15) is 0 Å². The third-order valence-corrected chi connectivity index (χ3v) is 5.83. The summed E-state index contributed by atoms with van der Waals surface area (Å²) in [7, 11) is 0. The van der Waals surface area contributed by atoms with Crippen LogP contribution in [0, 0.1) is 0 Å². The summed E-state index contributed by atoms with van der Waals surface area (Å²) < 4.78 is 5.19. The maximum atomic E-state index is 12.6. The average Bonchev–Trinajstić information content (AvgIpc) is 2.71. The largest absolute Gasteiger partial charge is 0.456 e. The summed E-state index contributed by atoms with van der Waals surface area (Å²) in [5.74, 6) is -1.05. The highest BCUT2D eigenvalue weighted by atomic mass is 32.2. The Labute approximate surface area is 174 Å². The van der Waals surface area contributed by atoms with Gasteiger partial charge >= 0.3 is 5.97 Å². The first-order valence-corrected chi connectivity index (χ1v) is 10.4. The fourth-order valence-corrected chi connectivity index (χ4v) is 4.10. The second-order valence-electron chi connectivity index (χ2n) is 7.06. The van der Waals surface area contributed by atoms with Gasteiger partial charge in [0.05, 0.1) is 17.4 Å². The van der Waals surface area contributed by atoms with E-state index in [0.717, 1.165) is 16.1 Å². The molecule has 0 bridgehead atoms. The molecule has 2 aromatic carbocycles. The van der Waals surface area contributed by atoms with Crippen molar-refractivity contribution in [2.24, 2.45) is 0 Å². The standard InChI is InChI=1S/C22H24N2O4S/c1-15(2)24(13-16-8-4-3-5-9-16)20(25)14-28-21(26)12-19-22(27)23-17-10-6-7-11-18(17)29-19/h3-11,15,19H,12-14H2,1-2H3,(H,23,27)/t19-/m0/s1. The van der Waals surface area contributed by atoms with Crippen LogP contribution in [0.5, 0.6) is 0 Å². The highest BCUT2D eigenvalue weighted by Gasteiger charge is 2.30. The van der Waals surface area contributed by atoms with Gasteiger partial charge in [-0.05, 0) is 31.5 Å². The van der Waals surface area contributed by atoms with Gasteiger partial charge < -0.3 is 15.0 Å². The number of ether oxygens (including phenoxy) is 1. The minimum atomic E-state index is -0.571. The predicted octanol–water partition coefficient (Wildman–Crippen LogP) is 3.47. The molecule has 0 saturated carbocycles. The molecule has 6 nitrogen and oxygen atoms in total. The number of hydrogen-bond donors (Lipinski definition) is 1. The summed E-state index contributed by atoms with van der Waals surface area (Å²) in [5.41, 5.74) is 1.76. The van der Waals surface area contributed by atoms with E-state index in [0.29, 0.717) is 6.54 Å². The quantitative estimate of drug-likeness (QED) is 0.705. The van der Waals surface area contributed by atoms with Crippen molar-refractivity contribution in [3.05, 3.63) is 60.2 Å². The van der Waals surface area contributed by atoms with Gasteiger partial charge in [-0.15, -0.1) is 11.8 Å². The number of rotatable bonds is 7. The molecular formula is C22H24N2O4S.